The maximum atomic E-state index is 5.74. The molecule has 2 aromatic heterocycles. The van der Waals surface area contributed by atoms with Crippen LogP contribution in [0.5, 0.6) is 0 Å². The van der Waals surface area contributed by atoms with Gasteiger partial charge in [0, 0.05) is 37.3 Å². The average molecular weight is 317 g/mol. The van der Waals surface area contributed by atoms with Gasteiger partial charge in [0.25, 0.3) is 5.89 Å². The standard InChI is InChI=1S/C16H23N5O2/c1-12-18-16(23-19-12)14-4-5-17-15(8-14)21-6-7-22-11-13(10-21)9-20(2)3/h4-5,8,13H,6-7,9-11H2,1-3H3. The lowest BCUT2D eigenvalue weighted by Gasteiger charge is -2.26. The van der Waals surface area contributed by atoms with Gasteiger partial charge in [-0.25, -0.2) is 4.98 Å². The molecule has 0 aromatic carbocycles. The Kier molecular flexibility index (Phi) is 4.88. The van der Waals surface area contributed by atoms with E-state index in [1.54, 1.807) is 6.20 Å². The lowest BCUT2D eigenvalue weighted by atomic mass is 10.1. The molecule has 0 aliphatic carbocycles. The van der Waals surface area contributed by atoms with Gasteiger partial charge in [0.2, 0.25) is 0 Å². The molecule has 3 heterocycles. The second-order valence-electron chi connectivity index (χ2n) is 6.20. The van der Waals surface area contributed by atoms with Crippen molar-refractivity contribution in [3.8, 4) is 11.5 Å². The number of hydrogen-bond donors (Lipinski definition) is 0. The van der Waals surface area contributed by atoms with Crippen LogP contribution in [0.25, 0.3) is 11.5 Å². The van der Waals surface area contributed by atoms with Gasteiger partial charge in [-0.15, -0.1) is 0 Å². The number of aryl methyl sites for hydroxylation is 1. The topological polar surface area (TPSA) is 67.5 Å². The summed E-state index contributed by atoms with van der Waals surface area (Å²) in [6, 6.07) is 3.90. The lowest BCUT2D eigenvalue weighted by molar-refractivity contribution is 0.113. The summed E-state index contributed by atoms with van der Waals surface area (Å²) in [6.07, 6.45) is 1.79. The van der Waals surface area contributed by atoms with Crippen molar-refractivity contribution < 1.29 is 9.26 Å². The van der Waals surface area contributed by atoms with E-state index >= 15 is 0 Å². The third kappa shape index (κ3) is 4.05. The molecular weight excluding hydrogens is 294 g/mol. The van der Waals surface area contributed by atoms with E-state index in [0.717, 1.165) is 44.2 Å². The van der Waals surface area contributed by atoms with E-state index in [1.807, 2.05) is 19.1 Å². The molecule has 2 aromatic rings. The van der Waals surface area contributed by atoms with Gasteiger partial charge in [0.05, 0.1) is 13.2 Å². The van der Waals surface area contributed by atoms with Gasteiger partial charge in [-0.2, -0.15) is 4.98 Å². The normalized spacial score (nSPS) is 19.1. The van der Waals surface area contributed by atoms with E-state index < -0.39 is 0 Å². The van der Waals surface area contributed by atoms with Crippen molar-refractivity contribution in [2.24, 2.45) is 5.92 Å². The summed E-state index contributed by atoms with van der Waals surface area (Å²) < 4.78 is 11.0. The molecule has 1 unspecified atom stereocenters. The zero-order chi connectivity index (χ0) is 16.2. The zero-order valence-corrected chi connectivity index (χ0v) is 13.9. The number of hydrogen-bond acceptors (Lipinski definition) is 7. The largest absolute Gasteiger partial charge is 0.379 e. The van der Waals surface area contributed by atoms with Crippen LogP contribution in [0, 0.1) is 12.8 Å². The fraction of sp³-hybridized carbons (Fsp3) is 0.562. The highest BCUT2D eigenvalue weighted by atomic mass is 16.5. The molecular formula is C16H23N5O2. The van der Waals surface area contributed by atoms with Crippen LogP contribution in [0.15, 0.2) is 22.9 Å². The monoisotopic (exact) mass is 317 g/mol. The lowest BCUT2D eigenvalue weighted by Crippen LogP contribution is -2.35. The zero-order valence-electron chi connectivity index (χ0n) is 13.9. The van der Waals surface area contributed by atoms with Crippen molar-refractivity contribution in [3.63, 3.8) is 0 Å². The fourth-order valence-electron chi connectivity index (χ4n) is 2.85. The summed E-state index contributed by atoms with van der Waals surface area (Å²) in [4.78, 5) is 13.3. The van der Waals surface area contributed by atoms with E-state index in [1.165, 1.54) is 0 Å². The molecule has 23 heavy (non-hydrogen) atoms. The van der Waals surface area contributed by atoms with Gasteiger partial charge < -0.3 is 19.1 Å². The summed E-state index contributed by atoms with van der Waals surface area (Å²) in [5.74, 6) is 2.55. The minimum Gasteiger partial charge on any atom is -0.379 e. The Bertz CT molecular complexity index is 643. The van der Waals surface area contributed by atoms with Crippen LogP contribution in [0.1, 0.15) is 5.82 Å². The first-order valence-corrected chi connectivity index (χ1v) is 7.86. The predicted octanol–water partition coefficient (Wildman–Crippen LogP) is 1.45. The smallest absolute Gasteiger partial charge is 0.258 e. The molecule has 0 saturated carbocycles. The number of rotatable bonds is 4. The highest BCUT2D eigenvalue weighted by Crippen LogP contribution is 2.23. The molecule has 1 fully saturated rings. The molecule has 1 saturated heterocycles. The van der Waals surface area contributed by atoms with E-state index in [4.69, 9.17) is 9.26 Å². The average Bonchev–Trinajstić information content (AvgIpc) is 2.83. The van der Waals surface area contributed by atoms with Crippen molar-refractivity contribution >= 4 is 5.82 Å². The van der Waals surface area contributed by atoms with Gasteiger partial charge in [0.1, 0.15) is 5.82 Å². The molecule has 124 valence electrons. The van der Waals surface area contributed by atoms with Crippen LogP contribution < -0.4 is 4.90 Å². The SMILES string of the molecule is Cc1noc(-c2ccnc(N3CCOCC(CN(C)C)C3)c2)n1. The Morgan fingerprint density at radius 1 is 1.39 bits per heavy atom. The maximum Gasteiger partial charge on any atom is 0.258 e. The number of anilines is 1. The Hall–Kier alpha value is -1.99. The van der Waals surface area contributed by atoms with Crippen molar-refractivity contribution in [2.45, 2.75) is 6.92 Å². The Labute approximate surface area is 136 Å². The van der Waals surface area contributed by atoms with Gasteiger partial charge in [-0.1, -0.05) is 5.16 Å². The van der Waals surface area contributed by atoms with Crippen LogP contribution in [0.2, 0.25) is 0 Å². The number of pyridine rings is 1. The predicted molar refractivity (Wildman–Crippen MR) is 87.3 cm³/mol. The Balaban J connectivity index is 1.79. The number of aromatic nitrogens is 3. The highest BCUT2D eigenvalue weighted by Gasteiger charge is 2.21. The molecule has 7 heteroatoms. The second-order valence-corrected chi connectivity index (χ2v) is 6.20. The van der Waals surface area contributed by atoms with Crippen molar-refractivity contribution in [1.82, 2.24) is 20.0 Å². The third-order valence-electron chi connectivity index (χ3n) is 3.81. The summed E-state index contributed by atoms with van der Waals surface area (Å²) in [5.41, 5.74) is 0.893. The third-order valence-corrected chi connectivity index (χ3v) is 3.81. The first-order valence-electron chi connectivity index (χ1n) is 7.86. The van der Waals surface area contributed by atoms with Crippen molar-refractivity contribution in [3.05, 3.63) is 24.2 Å². The fourth-order valence-corrected chi connectivity index (χ4v) is 2.85. The molecule has 0 amide bonds. The van der Waals surface area contributed by atoms with E-state index in [-0.39, 0.29) is 0 Å². The quantitative estimate of drug-likeness (QED) is 0.845. The summed E-state index contributed by atoms with van der Waals surface area (Å²) in [6.45, 7) is 6.08. The van der Waals surface area contributed by atoms with E-state index in [9.17, 15) is 0 Å². The van der Waals surface area contributed by atoms with E-state index in [0.29, 0.717) is 17.6 Å². The highest BCUT2D eigenvalue weighted by molar-refractivity contribution is 5.58. The van der Waals surface area contributed by atoms with Crippen LogP contribution >= 0.6 is 0 Å². The molecule has 0 radical (unpaired) electrons. The van der Waals surface area contributed by atoms with Gasteiger partial charge in [-0.3, -0.25) is 0 Å². The van der Waals surface area contributed by atoms with Crippen LogP contribution in [-0.2, 0) is 4.74 Å². The molecule has 7 nitrogen and oxygen atoms in total. The number of ether oxygens (including phenoxy) is 1. The molecule has 1 aliphatic rings. The van der Waals surface area contributed by atoms with Crippen molar-refractivity contribution in [1.29, 1.82) is 0 Å². The first-order chi connectivity index (χ1) is 11.1. The minimum absolute atomic E-state index is 0.462. The minimum atomic E-state index is 0.462. The van der Waals surface area contributed by atoms with E-state index in [2.05, 4.69) is 39.0 Å². The molecule has 0 N–H and O–H groups in total. The summed E-state index contributed by atoms with van der Waals surface area (Å²) in [7, 11) is 4.18. The van der Waals surface area contributed by atoms with Gasteiger partial charge >= 0.3 is 0 Å². The molecule has 1 atom stereocenters. The summed E-state index contributed by atoms with van der Waals surface area (Å²) >= 11 is 0. The van der Waals surface area contributed by atoms with Crippen LogP contribution in [0.4, 0.5) is 5.82 Å². The maximum absolute atomic E-state index is 5.74. The van der Waals surface area contributed by atoms with Crippen molar-refractivity contribution in [2.75, 3.05) is 51.8 Å². The van der Waals surface area contributed by atoms with Crippen LogP contribution in [0.3, 0.4) is 0 Å². The Morgan fingerprint density at radius 2 is 2.26 bits per heavy atom. The second kappa shape index (κ2) is 7.06. The molecule has 0 bridgehead atoms. The van der Waals surface area contributed by atoms with Crippen LogP contribution in [-0.4, -0.2) is 67.0 Å². The first kappa shape index (κ1) is 15.9. The Morgan fingerprint density at radius 3 is 3.00 bits per heavy atom. The molecule has 1 aliphatic heterocycles. The summed E-state index contributed by atoms with van der Waals surface area (Å²) in [5, 5.41) is 3.85. The number of nitrogens with zero attached hydrogens (tertiary/aromatic N) is 5. The van der Waals surface area contributed by atoms with Gasteiger partial charge in [0.15, 0.2) is 5.82 Å². The molecule has 3 rings (SSSR count). The molecule has 0 spiro atoms. The van der Waals surface area contributed by atoms with Gasteiger partial charge in [-0.05, 0) is 33.2 Å².